The maximum atomic E-state index is 5.84. The summed E-state index contributed by atoms with van der Waals surface area (Å²) in [4.78, 5) is 7.94. The molecule has 2 rings (SSSR count). The van der Waals surface area contributed by atoms with Crippen LogP contribution < -0.4 is 0 Å². The van der Waals surface area contributed by atoms with Crippen LogP contribution in [0.25, 0.3) is 0 Å². The van der Waals surface area contributed by atoms with Crippen molar-refractivity contribution in [2.75, 3.05) is 0 Å². The van der Waals surface area contributed by atoms with Crippen LogP contribution in [-0.2, 0) is 0 Å². The summed E-state index contributed by atoms with van der Waals surface area (Å²) in [6, 6.07) is 2.10. The highest BCUT2D eigenvalue weighted by Gasteiger charge is 1.95. The minimum absolute atomic E-state index is 0. The maximum absolute atomic E-state index is 5.84. The van der Waals surface area contributed by atoms with E-state index in [4.69, 9.17) is 11.6 Å². The van der Waals surface area contributed by atoms with Crippen molar-refractivity contribution >= 4 is 24.0 Å². The van der Waals surface area contributed by atoms with E-state index in [1.165, 1.54) is 11.1 Å². The van der Waals surface area contributed by atoms with Gasteiger partial charge in [0.2, 0.25) is 0 Å². The number of nitrogens with zero attached hydrogens (tertiary/aromatic N) is 2. The van der Waals surface area contributed by atoms with Crippen LogP contribution in [0.3, 0.4) is 0 Å². The van der Waals surface area contributed by atoms with E-state index in [2.05, 4.69) is 16.0 Å². The molecule has 0 aliphatic rings. The number of aryl methyl sites for hydroxylation is 4. The molecule has 0 aliphatic carbocycles. The summed E-state index contributed by atoms with van der Waals surface area (Å²) in [5.41, 5.74) is 4.53. The molecule has 0 spiro atoms. The van der Waals surface area contributed by atoms with E-state index in [1.54, 1.807) is 12.4 Å². The molecule has 0 amide bonds. The normalized spacial score (nSPS) is 8.94. The second-order valence-corrected chi connectivity index (χ2v) is 4.50. The lowest BCUT2D eigenvalue weighted by Crippen LogP contribution is -1.81. The number of halogens is 2. The summed E-state index contributed by atoms with van der Waals surface area (Å²) in [5, 5.41) is 0.824. The molecule has 0 atom stereocenters. The Morgan fingerprint density at radius 2 is 1.17 bits per heavy atom. The maximum Gasteiger partial charge on any atom is 0.0495 e. The Morgan fingerprint density at radius 3 is 1.44 bits per heavy atom. The SMILES string of the molecule is Cc1cncc(C)c1.Cc1cncc(C)c1Cl.Cl. The van der Waals surface area contributed by atoms with Gasteiger partial charge in [-0.05, 0) is 49.9 Å². The molecule has 18 heavy (non-hydrogen) atoms. The summed E-state index contributed by atoms with van der Waals surface area (Å²) in [6.45, 7) is 7.98. The van der Waals surface area contributed by atoms with Crippen molar-refractivity contribution in [3.63, 3.8) is 0 Å². The smallest absolute Gasteiger partial charge is 0.0495 e. The van der Waals surface area contributed by atoms with Gasteiger partial charge in [-0.25, -0.2) is 0 Å². The molecular formula is C14H18Cl2N2. The lowest BCUT2D eigenvalue weighted by Gasteiger charge is -1.97. The van der Waals surface area contributed by atoms with Crippen molar-refractivity contribution in [3.05, 3.63) is 58.1 Å². The van der Waals surface area contributed by atoms with Crippen LogP contribution in [0.15, 0.2) is 30.9 Å². The van der Waals surface area contributed by atoms with Crippen LogP contribution in [0.1, 0.15) is 22.3 Å². The largest absolute Gasteiger partial charge is 0.264 e. The highest BCUT2D eigenvalue weighted by atomic mass is 35.5. The molecule has 0 fully saturated rings. The number of hydrogen-bond donors (Lipinski definition) is 0. The van der Waals surface area contributed by atoms with E-state index < -0.39 is 0 Å². The van der Waals surface area contributed by atoms with Crippen LogP contribution in [0, 0.1) is 27.7 Å². The Balaban J connectivity index is 0.000000306. The van der Waals surface area contributed by atoms with Crippen LogP contribution in [-0.4, -0.2) is 9.97 Å². The fourth-order valence-electron chi connectivity index (χ4n) is 1.39. The topological polar surface area (TPSA) is 25.8 Å². The van der Waals surface area contributed by atoms with Gasteiger partial charge in [0, 0.05) is 29.8 Å². The molecule has 2 nitrogen and oxygen atoms in total. The second-order valence-electron chi connectivity index (χ2n) is 4.13. The van der Waals surface area contributed by atoms with Crippen LogP contribution in [0.5, 0.6) is 0 Å². The van der Waals surface area contributed by atoms with Gasteiger partial charge in [-0.1, -0.05) is 17.7 Å². The van der Waals surface area contributed by atoms with Gasteiger partial charge in [-0.15, -0.1) is 12.4 Å². The predicted octanol–water partition coefficient (Wildman–Crippen LogP) is 4.47. The van der Waals surface area contributed by atoms with Crippen LogP contribution in [0.2, 0.25) is 5.02 Å². The zero-order valence-electron chi connectivity index (χ0n) is 11.1. The quantitative estimate of drug-likeness (QED) is 0.713. The average Bonchev–Trinajstić information content (AvgIpc) is 2.26. The van der Waals surface area contributed by atoms with Gasteiger partial charge in [0.1, 0.15) is 0 Å². The van der Waals surface area contributed by atoms with Gasteiger partial charge in [0.15, 0.2) is 0 Å². The van der Waals surface area contributed by atoms with Gasteiger partial charge >= 0.3 is 0 Å². The lowest BCUT2D eigenvalue weighted by molar-refractivity contribution is 1.22. The molecule has 0 unspecified atom stereocenters. The molecule has 0 aliphatic heterocycles. The van der Waals surface area contributed by atoms with Crippen LogP contribution in [0.4, 0.5) is 0 Å². The molecule has 2 aromatic heterocycles. The third kappa shape index (κ3) is 5.48. The molecule has 0 aromatic carbocycles. The van der Waals surface area contributed by atoms with Gasteiger partial charge < -0.3 is 0 Å². The number of aromatic nitrogens is 2. The predicted molar refractivity (Wildman–Crippen MR) is 79.7 cm³/mol. The minimum Gasteiger partial charge on any atom is -0.264 e. The monoisotopic (exact) mass is 284 g/mol. The van der Waals surface area contributed by atoms with Crippen molar-refractivity contribution in [3.8, 4) is 0 Å². The van der Waals surface area contributed by atoms with Crippen molar-refractivity contribution in [2.45, 2.75) is 27.7 Å². The second kappa shape index (κ2) is 8.06. The Labute approximate surface area is 120 Å². The first kappa shape index (κ1) is 16.9. The molecular weight excluding hydrogens is 267 g/mol. The van der Waals surface area contributed by atoms with Crippen molar-refractivity contribution in [1.29, 1.82) is 0 Å². The zero-order valence-corrected chi connectivity index (χ0v) is 12.6. The fourth-order valence-corrected chi connectivity index (χ4v) is 1.49. The summed E-state index contributed by atoms with van der Waals surface area (Å²) in [5.74, 6) is 0. The van der Waals surface area contributed by atoms with Gasteiger partial charge in [-0.3, -0.25) is 9.97 Å². The highest BCUT2D eigenvalue weighted by molar-refractivity contribution is 6.32. The van der Waals surface area contributed by atoms with Crippen molar-refractivity contribution in [1.82, 2.24) is 9.97 Å². The highest BCUT2D eigenvalue weighted by Crippen LogP contribution is 2.16. The minimum atomic E-state index is 0. The molecule has 2 aromatic rings. The van der Waals surface area contributed by atoms with Gasteiger partial charge in [0.05, 0.1) is 0 Å². The lowest BCUT2D eigenvalue weighted by atomic mass is 10.2. The number of pyridine rings is 2. The van der Waals surface area contributed by atoms with Gasteiger partial charge in [-0.2, -0.15) is 0 Å². The number of hydrogen-bond acceptors (Lipinski definition) is 2. The Kier molecular flexibility index (Phi) is 7.56. The van der Waals surface area contributed by atoms with Crippen molar-refractivity contribution < 1.29 is 0 Å². The standard InChI is InChI=1S/C7H8ClN.C7H9N.ClH/c1-5-3-9-4-6(2)7(5)8;1-6-3-7(2)5-8-4-6;/h3-4H,1-2H3;3-5H,1-2H3;1H. The first-order valence-corrected chi connectivity index (χ1v) is 5.83. The van der Waals surface area contributed by atoms with E-state index in [1.807, 2.05) is 40.1 Å². The molecule has 0 N–H and O–H groups in total. The Morgan fingerprint density at radius 1 is 0.778 bits per heavy atom. The van der Waals surface area contributed by atoms with Crippen LogP contribution >= 0.6 is 24.0 Å². The van der Waals surface area contributed by atoms with Gasteiger partial charge in [0.25, 0.3) is 0 Å². The molecule has 4 heteroatoms. The first-order chi connectivity index (χ1) is 8.00. The van der Waals surface area contributed by atoms with E-state index in [9.17, 15) is 0 Å². The zero-order chi connectivity index (χ0) is 12.8. The first-order valence-electron chi connectivity index (χ1n) is 5.45. The molecule has 98 valence electrons. The molecule has 0 bridgehead atoms. The van der Waals surface area contributed by atoms with E-state index in [0.717, 1.165) is 16.1 Å². The Hall–Kier alpha value is -1.12. The van der Waals surface area contributed by atoms with E-state index in [-0.39, 0.29) is 12.4 Å². The Bertz CT molecular complexity index is 461. The van der Waals surface area contributed by atoms with E-state index in [0.29, 0.717) is 0 Å². The average molecular weight is 285 g/mol. The molecule has 0 saturated heterocycles. The summed E-state index contributed by atoms with van der Waals surface area (Å²) in [7, 11) is 0. The molecule has 0 radical (unpaired) electrons. The summed E-state index contributed by atoms with van der Waals surface area (Å²) in [6.07, 6.45) is 7.23. The molecule has 2 heterocycles. The fraction of sp³-hybridized carbons (Fsp3) is 0.286. The van der Waals surface area contributed by atoms with Crippen molar-refractivity contribution in [2.24, 2.45) is 0 Å². The summed E-state index contributed by atoms with van der Waals surface area (Å²) >= 11 is 5.84. The third-order valence-corrected chi connectivity index (χ3v) is 2.84. The van der Waals surface area contributed by atoms with E-state index >= 15 is 0 Å². The summed E-state index contributed by atoms with van der Waals surface area (Å²) < 4.78 is 0. The third-order valence-electron chi connectivity index (χ3n) is 2.24. The molecule has 0 saturated carbocycles. The number of rotatable bonds is 0.